The summed E-state index contributed by atoms with van der Waals surface area (Å²) in [6.45, 7) is -3.09. The van der Waals surface area contributed by atoms with Gasteiger partial charge in [0.2, 0.25) is 0 Å². The number of rotatable bonds is 1. The Bertz CT molecular complexity index is 644. The summed E-state index contributed by atoms with van der Waals surface area (Å²) in [6.07, 6.45) is -3.77. The van der Waals surface area contributed by atoms with E-state index in [2.05, 4.69) is 0 Å². The quantitative estimate of drug-likeness (QED) is 0.722. The molecule has 2 aromatic rings. The summed E-state index contributed by atoms with van der Waals surface area (Å²) in [7, 11) is 0. The second kappa shape index (κ2) is 4.08. The number of hydrogen-bond acceptors (Lipinski definition) is 1. The summed E-state index contributed by atoms with van der Waals surface area (Å²) >= 11 is 0. The van der Waals surface area contributed by atoms with E-state index in [-0.39, 0.29) is 15.3 Å². The first-order chi connectivity index (χ1) is 8.30. The van der Waals surface area contributed by atoms with E-state index in [4.69, 9.17) is 0 Å². The van der Waals surface area contributed by atoms with Crippen LogP contribution in [0.5, 0.6) is 0 Å². The highest BCUT2D eigenvalue weighted by Crippen LogP contribution is 2.30. The average Bonchev–Trinajstić information content (AvgIpc) is 2.27. The fourth-order valence-electron chi connectivity index (χ4n) is 1.58. The monoisotopic (exact) mass is 263 g/mol. The van der Waals surface area contributed by atoms with Crippen molar-refractivity contribution in [2.75, 3.05) is 0 Å². The van der Waals surface area contributed by atoms with Gasteiger partial charge in [0.1, 0.15) is 0 Å². The molecule has 0 unspecified atom stereocenters. The molecule has 0 bridgehead atoms. The molecular weight excluding hydrogens is 257 g/mol. The molecule has 0 aliphatic rings. The lowest BCUT2D eigenvalue weighted by Gasteiger charge is -2.09. The largest absolute Gasteiger partial charge is 0.416 e. The van der Waals surface area contributed by atoms with Crippen molar-refractivity contribution < 1.29 is 22.0 Å². The molecule has 0 saturated carbocycles. The van der Waals surface area contributed by atoms with Crippen LogP contribution in [0.4, 0.5) is 22.0 Å². The molecule has 18 heavy (non-hydrogen) atoms. The minimum absolute atomic E-state index is 0.0858. The Morgan fingerprint density at radius 3 is 2.33 bits per heavy atom. The third-order valence-corrected chi connectivity index (χ3v) is 2.47. The van der Waals surface area contributed by atoms with Crippen LogP contribution < -0.4 is 5.56 Å². The number of nitrogens with zero attached hydrogens (tertiary/aromatic N) is 1. The van der Waals surface area contributed by atoms with Crippen LogP contribution in [-0.4, -0.2) is 4.57 Å². The van der Waals surface area contributed by atoms with Crippen molar-refractivity contribution in [3.8, 4) is 0 Å². The van der Waals surface area contributed by atoms with E-state index >= 15 is 0 Å². The number of benzene rings is 1. The maximum atomic E-state index is 12.4. The summed E-state index contributed by atoms with van der Waals surface area (Å²) in [6, 6.07) is 3.63. The van der Waals surface area contributed by atoms with Crippen LogP contribution >= 0.6 is 0 Å². The van der Waals surface area contributed by atoms with Crippen molar-refractivity contribution in [2.24, 2.45) is 0 Å². The molecule has 2 nitrogen and oxygen atoms in total. The maximum absolute atomic E-state index is 12.4. The van der Waals surface area contributed by atoms with Gasteiger partial charge in [0, 0.05) is 11.6 Å². The molecule has 0 amide bonds. The highest BCUT2D eigenvalue weighted by atomic mass is 19.4. The van der Waals surface area contributed by atoms with Crippen LogP contribution in [0.15, 0.2) is 35.3 Å². The van der Waals surface area contributed by atoms with Gasteiger partial charge in [0.05, 0.1) is 5.56 Å². The van der Waals surface area contributed by atoms with Crippen molar-refractivity contribution in [2.45, 2.75) is 12.7 Å². The lowest BCUT2D eigenvalue weighted by molar-refractivity contribution is -0.137. The Hall–Kier alpha value is -1.92. The second-order valence-corrected chi connectivity index (χ2v) is 3.61. The van der Waals surface area contributed by atoms with Gasteiger partial charge in [0.25, 0.3) is 5.56 Å². The van der Waals surface area contributed by atoms with E-state index < -0.39 is 23.8 Å². The van der Waals surface area contributed by atoms with E-state index in [0.717, 1.165) is 18.3 Å². The third kappa shape index (κ3) is 2.07. The number of hydrogen-bond donors (Lipinski definition) is 0. The number of fused-ring (bicyclic) bond motifs is 1. The van der Waals surface area contributed by atoms with Gasteiger partial charge in [-0.2, -0.15) is 22.0 Å². The van der Waals surface area contributed by atoms with Gasteiger partial charge in [-0.25, -0.2) is 0 Å². The minimum Gasteiger partial charge on any atom is -0.269 e. The lowest BCUT2D eigenvalue weighted by atomic mass is 10.1. The first-order valence-corrected chi connectivity index (χ1v) is 4.81. The molecule has 0 aliphatic heterocycles. The molecule has 96 valence electrons. The van der Waals surface area contributed by atoms with E-state index in [1.165, 1.54) is 6.07 Å². The van der Waals surface area contributed by atoms with Crippen LogP contribution in [0.2, 0.25) is 0 Å². The van der Waals surface area contributed by atoms with E-state index in [1.54, 1.807) is 0 Å². The zero-order valence-corrected chi connectivity index (χ0v) is 8.71. The van der Waals surface area contributed by atoms with Crippen LogP contribution in [0.1, 0.15) is 12.1 Å². The van der Waals surface area contributed by atoms with Crippen LogP contribution in [0.3, 0.4) is 0 Å². The number of alkyl halides is 5. The van der Waals surface area contributed by atoms with Crippen molar-refractivity contribution in [3.05, 3.63) is 46.4 Å². The van der Waals surface area contributed by atoms with E-state index in [9.17, 15) is 26.7 Å². The Kier molecular flexibility index (Phi) is 2.84. The summed E-state index contributed by atoms with van der Waals surface area (Å²) in [5, 5.41) is -0.197. The number of aromatic nitrogens is 1. The highest BCUT2D eigenvalue weighted by molar-refractivity contribution is 5.82. The van der Waals surface area contributed by atoms with Crippen LogP contribution in [0.25, 0.3) is 10.8 Å². The van der Waals surface area contributed by atoms with E-state index in [1.807, 2.05) is 0 Å². The van der Waals surface area contributed by atoms with Crippen molar-refractivity contribution >= 4 is 10.8 Å². The van der Waals surface area contributed by atoms with Crippen LogP contribution in [0, 0.1) is 0 Å². The zero-order chi connectivity index (χ0) is 13.5. The third-order valence-electron chi connectivity index (χ3n) is 2.47. The lowest BCUT2D eigenvalue weighted by Crippen LogP contribution is -2.20. The molecule has 1 aromatic heterocycles. The normalized spacial score (nSPS) is 12.3. The van der Waals surface area contributed by atoms with Gasteiger partial charge in [0.15, 0.2) is 0 Å². The second-order valence-electron chi connectivity index (χ2n) is 3.61. The Balaban J connectivity index is 2.75. The Morgan fingerprint density at radius 1 is 1.11 bits per heavy atom. The van der Waals surface area contributed by atoms with Gasteiger partial charge < -0.3 is 0 Å². The predicted octanol–water partition coefficient (Wildman–Crippen LogP) is 3.42. The molecule has 0 atom stereocenters. The number of halogens is 5. The first kappa shape index (κ1) is 12.5. The molecular formula is C11H6F5NO. The molecule has 0 spiro atoms. The minimum atomic E-state index is -4.62. The van der Waals surface area contributed by atoms with E-state index in [0.29, 0.717) is 6.07 Å². The fourth-order valence-corrected chi connectivity index (χ4v) is 1.58. The fraction of sp³-hybridized carbons (Fsp3) is 0.182. The average molecular weight is 263 g/mol. The highest BCUT2D eigenvalue weighted by Gasteiger charge is 2.30. The summed E-state index contributed by atoms with van der Waals surface area (Å²) < 4.78 is 62.3. The van der Waals surface area contributed by atoms with Crippen molar-refractivity contribution in [1.82, 2.24) is 4.57 Å². The summed E-state index contributed by atoms with van der Waals surface area (Å²) in [5.74, 6) is 0. The first-order valence-electron chi connectivity index (χ1n) is 4.81. The van der Waals surface area contributed by atoms with Crippen molar-refractivity contribution in [1.29, 1.82) is 0 Å². The van der Waals surface area contributed by atoms with Crippen LogP contribution in [-0.2, 0) is 6.18 Å². The number of pyridine rings is 1. The molecule has 1 heterocycles. The molecule has 0 N–H and O–H groups in total. The van der Waals surface area contributed by atoms with Gasteiger partial charge >= 0.3 is 12.7 Å². The summed E-state index contributed by atoms with van der Waals surface area (Å²) in [4.78, 5) is 11.6. The molecule has 0 radical (unpaired) electrons. The standard InChI is InChI=1S/C11H6F5NO/c12-10(13)17-4-3-6-1-2-7(11(14,15)16)5-8(6)9(17)18/h1-5,10H. The SMILES string of the molecule is O=c1c2cc(C(F)(F)F)ccc2ccn1C(F)F. The van der Waals surface area contributed by atoms with Gasteiger partial charge in [-0.3, -0.25) is 9.36 Å². The Morgan fingerprint density at radius 2 is 1.78 bits per heavy atom. The zero-order valence-electron chi connectivity index (χ0n) is 8.71. The van der Waals surface area contributed by atoms with Gasteiger partial charge in [-0.1, -0.05) is 6.07 Å². The maximum Gasteiger partial charge on any atom is 0.416 e. The smallest absolute Gasteiger partial charge is 0.269 e. The molecule has 0 aliphatic carbocycles. The predicted molar refractivity (Wildman–Crippen MR) is 54.5 cm³/mol. The molecule has 7 heteroatoms. The van der Waals surface area contributed by atoms with Gasteiger partial charge in [-0.05, 0) is 23.6 Å². The Labute approximate surface area is 97.3 Å². The molecule has 0 saturated heterocycles. The summed E-state index contributed by atoms with van der Waals surface area (Å²) in [5.41, 5.74) is -2.19. The molecule has 2 rings (SSSR count). The van der Waals surface area contributed by atoms with Gasteiger partial charge in [-0.15, -0.1) is 0 Å². The van der Waals surface area contributed by atoms with Crippen molar-refractivity contribution in [3.63, 3.8) is 0 Å². The molecule has 0 fully saturated rings. The topological polar surface area (TPSA) is 22.0 Å². The molecule has 1 aromatic carbocycles.